The maximum Gasteiger partial charge on any atom is 0.308 e. The number of carbonyl (C=O) groups excluding carboxylic acids is 2. The van der Waals surface area contributed by atoms with Gasteiger partial charge in [-0.05, 0) is 44.0 Å². The van der Waals surface area contributed by atoms with Crippen molar-refractivity contribution >= 4 is 17.8 Å². The molecule has 0 radical (unpaired) electrons. The van der Waals surface area contributed by atoms with Crippen molar-refractivity contribution in [3.05, 3.63) is 64.7 Å². The Morgan fingerprint density at radius 2 is 1.64 bits per heavy atom. The van der Waals surface area contributed by atoms with Gasteiger partial charge < -0.3 is 20.1 Å². The number of ketones is 1. The molecule has 2 rings (SSSR count). The summed E-state index contributed by atoms with van der Waals surface area (Å²) in [5.41, 5.74) is 1.65. The van der Waals surface area contributed by atoms with Gasteiger partial charge >= 0.3 is 5.97 Å². The van der Waals surface area contributed by atoms with Crippen molar-refractivity contribution in [2.75, 3.05) is 0 Å². The molecule has 146 valence electrons. The number of phenols is 3. The number of hydrogen-bond donors (Lipinski definition) is 3. The standard InChI is InChI=1S/C22H22O6/c1-13(2)4-10-17-19(26)12-20(27)21(22(17)28-14(3)23)18(25)11-7-15-5-8-16(24)9-6-15/h4-9,11-12,24,26-27H,10H2,1-3H3. The van der Waals surface area contributed by atoms with E-state index in [0.717, 1.165) is 11.6 Å². The highest BCUT2D eigenvalue weighted by atomic mass is 16.5. The van der Waals surface area contributed by atoms with E-state index in [1.54, 1.807) is 18.2 Å². The molecule has 3 N–H and O–H groups in total. The van der Waals surface area contributed by atoms with Crippen molar-refractivity contribution in [1.29, 1.82) is 0 Å². The van der Waals surface area contributed by atoms with E-state index in [1.165, 1.54) is 31.2 Å². The molecule has 0 aliphatic carbocycles. The third kappa shape index (κ3) is 5.23. The normalized spacial score (nSPS) is 10.7. The molecule has 0 aliphatic rings. The van der Waals surface area contributed by atoms with Crippen LogP contribution < -0.4 is 4.74 Å². The van der Waals surface area contributed by atoms with Crippen LogP contribution in [0.5, 0.6) is 23.0 Å². The summed E-state index contributed by atoms with van der Waals surface area (Å²) in [5, 5.41) is 29.8. The molecule has 0 fully saturated rings. The number of hydrogen-bond acceptors (Lipinski definition) is 6. The Morgan fingerprint density at radius 3 is 2.21 bits per heavy atom. The van der Waals surface area contributed by atoms with Crippen LogP contribution in [0.4, 0.5) is 0 Å². The number of allylic oxidation sites excluding steroid dienone is 3. The molecule has 0 aromatic heterocycles. The van der Waals surface area contributed by atoms with Gasteiger partial charge in [-0.3, -0.25) is 9.59 Å². The first kappa shape index (κ1) is 20.8. The molecule has 2 aromatic carbocycles. The summed E-state index contributed by atoms with van der Waals surface area (Å²) in [5.74, 6) is -2.11. The van der Waals surface area contributed by atoms with E-state index < -0.39 is 17.5 Å². The highest BCUT2D eigenvalue weighted by Crippen LogP contribution is 2.39. The van der Waals surface area contributed by atoms with Gasteiger partial charge in [-0.15, -0.1) is 0 Å². The first-order valence-corrected chi connectivity index (χ1v) is 8.60. The third-order valence-electron chi connectivity index (χ3n) is 3.87. The van der Waals surface area contributed by atoms with Crippen molar-refractivity contribution in [2.24, 2.45) is 0 Å². The van der Waals surface area contributed by atoms with E-state index in [0.29, 0.717) is 5.56 Å². The topological polar surface area (TPSA) is 104 Å². The largest absolute Gasteiger partial charge is 0.508 e. The summed E-state index contributed by atoms with van der Waals surface area (Å²) in [7, 11) is 0. The average molecular weight is 382 g/mol. The van der Waals surface area contributed by atoms with Crippen LogP contribution in [-0.2, 0) is 11.2 Å². The molecular weight excluding hydrogens is 360 g/mol. The molecule has 0 unspecified atom stereocenters. The van der Waals surface area contributed by atoms with Gasteiger partial charge in [-0.1, -0.05) is 29.9 Å². The summed E-state index contributed by atoms with van der Waals surface area (Å²) in [6.07, 6.45) is 4.75. The van der Waals surface area contributed by atoms with E-state index >= 15 is 0 Å². The predicted molar refractivity (Wildman–Crippen MR) is 106 cm³/mol. The van der Waals surface area contributed by atoms with Gasteiger partial charge in [0.25, 0.3) is 0 Å². The fraction of sp³-hybridized carbons (Fsp3) is 0.182. The Bertz CT molecular complexity index is 948. The number of aromatic hydroxyl groups is 3. The second-order valence-corrected chi connectivity index (χ2v) is 6.47. The molecule has 2 aromatic rings. The summed E-state index contributed by atoms with van der Waals surface area (Å²) in [6.45, 7) is 4.91. The van der Waals surface area contributed by atoms with Crippen LogP contribution in [0.25, 0.3) is 6.08 Å². The molecule has 0 atom stereocenters. The number of esters is 1. The van der Waals surface area contributed by atoms with E-state index in [4.69, 9.17) is 4.74 Å². The number of carbonyl (C=O) groups is 2. The van der Waals surface area contributed by atoms with Crippen LogP contribution in [-0.4, -0.2) is 27.1 Å². The molecule has 0 heterocycles. The Labute approximate surface area is 163 Å². The first-order chi connectivity index (χ1) is 13.2. The van der Waals surface area contributed by atoms with Gasteiger partial charge in [-0.2, -0.15) is 0 Å². The zero-order valence-electron chi connectivity index (χ0n) is 15.9. The lowest BCUT2D eigenvalue weighted by atomic mass is 9.99. The van der Waals surface area contributed by atoms with Crippen LogP contribution >= 0.6 is 0 Å². The van der Waals surface area contributed by atoms with Gasteiger partial charge in [-0.25, -0.2) is 0 Å². The fourth-order valence-electron chi connectivity index (χ4n) is 2.51. The lowest BCUT2D eigenvalue weighted by molar-refractivity contribution is -0.131. The quantitative estimate of drug-likeness (QED) is 0.228. The van der Waals surface area contributed by atoms with Crippen LogP contribution in [0.3, 0.4) is 0 Å². The molecule has 0 spiro atoms. The Balaban J connectivity index is 2.52. The van der Waals surface area contributed by atoms with Crippen LogP contribution in [0, 0.1) is 0 Å². The Hall–Kier alpha value is -3.54. The van der Waals surface area contributed by atoms with Crippen LogP contribution in [0.15, 0.2) is 48.1 Å². The minimum absolute atomic E-state index is 0.0979. The summed E-state index contributed by atoms with van der Waals surface area (Å²) < 4.78 is 5.18. The predicted octanol–water partition coefficient (Wildman–Crippen LogP) is 4.13. The molecular formula is C22H22O6. The monoisotopic (exact) mass is 382 g/mol. The van der Waals surface area contributed by atoms with E-state index in [9.17, 15) is 24.9 Å². The molecule has 0 saturated heterocycles. The SMILES string of the molecule is CC(=O)Oc1c(CC=C(C)C)c(O)cc(O)c1C(=O)C=Cc1ccc(O)cc1. The van der Waals surface area contributed by atoms with Crippen molar-refractivity contribution in [1.82, 2.24) is 0 Å². The second kappa shape index (κ2) is 8.90. The van der Waals surface area contributed by atoms with Crippen molar-refractivity contribution in [2.45, 2.75) is 27.2 Å². The van der Waals surface area contributed by atoms with Crippen molar-refractivity contribution < 1.29 is 29.6 Å². The molecule has 0 aliphatic heterocycles. The van der Waals surface area contributed by atoms with Gasteiger partial charge in [0.2, 0.25) is 0 Å². The smallest absolute Gasteiger partial charge is 0.308 e. The summed E-state index contributed by atoms with van der Waals surface area (Å²) in [6, 6.07) is 7.24. The zero-order chi connectivity index (χ0) is 20.8. The van der Waals surface area contributed by atoms with E-state index in [-0.39, 0.29) is 34.8 Å². The van der Waals surface area contributed by atoms with Crippen molar-refractivity contribution in [3.8, 4) is 23.0 Å². The lowest BCUT2D eigenvalue weighted by Gasteiger charge is -2.15. The van der Waals surface area contributed by atoms with Gasteiger partial charge in [0.1, 0.15) is 22.8 Å². The highest BCUT2D eigenvalue weighted by molar-refractivity contribution is 6.11. The maximum absolute atomic E-state index is 12.7. The second-order valence-electron chi connectivity index (χ2n) is 6.47. The number of ether oxygens (including phenoxy) is 1. The number of benzene rings is 2. The molecule has 6 nitrogen and oxygen atoms in total. The molecule has 6 heteroatoms. The Kier molecular flexibility index (Phi) is 6.60. The molecule has 0 amide bonds. The molecule has 28 heavy (non-hydrogen) atoms. The average Bonchev–Trinajstić information content (AvgIpc) is 2.60. The molecule has 0 bridgehead atoms. The lowest BCUT2D eigenvalue weighted by Crippen LogP contribution is -2.10. The van der Waals surface area contributed by atoms with Gasteiger partial charge in [0.15, 0.2) is 11.5 Å². The third-order valence-corrected chi connectivity index (χ3v) is 3.87. The fourth-order valence-corrected chi connectivity index (χ4v) is 2.51. The van der Waals surface area contributed by atoms with Crippen LogP contribution in [0.2, 0.25) is 0 Å². The van der Waals surface area contributed by atoms with Crippen molar-refractivity contribution in [3.63, 3.8) is 0 Å². The minimum atomic E-state index is -0.681. The van der Waals surface area contributed by atoms with E-state index in [2.05, 4.69) is 0 Å². The summed E-state index contributed by atoms with van der Waals surface area (Å²) in [4.78, 5) is 24.3. The van der Waals surface area contributed by atoms with Gasteiger partial charge in [0, 0.05) is 18.6 Å². The minimum Gasteiger partial charge on any atom is -0.508 e. The summed E-state index contributed by atoms with van der Waals surface area (Å²) >= 11 is 0. The molecule has 0 saturated carbocycles. The first-order valence-electron chi connectivity index (χ1n) is 8.60. The zero-order valence-corrected chi connectivity index (χ0v) is 15.9. The van der Waals surface area contributed by atoms with Crippen LogP contribution in [0.1, 0.15) is 42.3 Å². The maximum atomic E-state index is 12.7. The highest BCUT2D eigenvalue weighted by Gasteiger charge is 2.24. The van der Waals surface area contributed by atoms with Gasteiger partial charge in [0.05, 0.1) is 0 Å². The Morgan fingerprint density at radius 1 is 1.00 bits per heavy atom. The van der Waals surface area contributed by atoms with E-state index in [1.807, 2.05) is 13.8 Å². The number of phenolic OH excluding ortho intramolecular Hbond substituents is 3. The number of rotatable bonds is 6.